The molecule has 0 aliphatic heterocycles. The Balaban J connectivity index is 1.08. The van der Waals surface area contributed by atoms with Crippen molar-refractivity contribution < 1.29 is 78.2 Å². The van der Waals surface area contributed by atoms with E-state index in [1.165, 1.54) is 0 Å². The van der Waals surface area contributed by atoms with Crippen LogP contribution in [0.15, 0.2) is 273 Å². The number of rotatable bonds is 40. The summed E-state index contributed by atoms with van der Waals surface area (Å²) < 4.78 is 136. The maximum atomic E-state index is 16.3. The summed E-state index contributed by atoms with van der Waals surface area (Å²) >= 11 is 0. The molecule has 0 saturated heterocycles. The molecule has 9 aromatic carbocycles. The van der Waals surface area contributed by atoms with Gasteiger partial charge in [-0.1, -0.05) is 286 Å². The maximum Gasteiger partial charge on any atom is 0.475 e. The lowest BCUT2D eigenvalue weighted by atomic mass is 9.84. The normalized spacial score (nSPS) is 17.8. The highest BCUT2D eigenvalue weighted by Crippen LogP contribution is 2.60. The van der Waals surface area contributed by atoms with Crippen LogP contribution in [0, 0.1) is 0 Å². The number of benzene rings is 9. The Morgan fingerprint density at radius 3 is 0.763 bits per heavy atom. The fourth-order valence-electron chi connectivity index (χ4n) is 10.5. The molecule has 1 aliphatic rings. The molecule has 0 aromatic heterocycles. The second-order valence-corrected chi connectivity index (χ2v) is 27.7. The van der Waals surface area contributed by atoms with E-state index in [2.05, 4.69) is 5.32 Å². The number of phosphoric ester groups is 3. The topological polar surface area (TPSA) is 200 Å². The average Bonchev–Trinajstić information content (AvgIpc) is 0.768. The summed E-state index contributed by atoms with van der Waals surface area (Å²) in [7, 11) is -14.8. The number of alkyl carbamates (subject to hydrolysis) is 1. The summed E-state index contributed by atoms with van der Waals surface area (Å²) in [6.45, 7) is -1.35. The molecule has 9 aromatic rings. The van der Waals surface area contributed by atoms with Crippen LogP contribution in [-0.2, 0) is 133 Å². The molecule has 10 rings (SSSR count). The zero-order valence-electron chi connectivity index (χ0n) is 53.8. The van der Waals surface area contributed by atoms with Crippen LogP contribution in [0.4, 0.5) is 4.79 Å². The Morgan fingerprint density at radius 2 is 0.495 bits per heavy atom. The van der Waals surface area contributed by atoms with Gasteiger partial charge in [0.25, 0.3) is 0 Å². The standard InChI is InChI=1S/C76H82NO17P3/c78-76(85-55-64-38-18-6-19-39-64)77-50-30-1-2-31-51-86-95(79,87-56-65-40-20-7-21-41-65)92-73-70(82-52-61-32-12-3-13-33-61)74(93-96(80,88-57-66-42-22-8-23-43-66)89-58-67-44-24-9-25-45-67)72(84-54-63-36-16-5-17-37-63)75(71(73)83-53-62-34-14-4-15-35-62)94-97(81,90-59-68-46-26-10-27-47-68)91-60-69-48-28-11-29-49-69/h3-29,32-49,70-75H,1-2,30-31,50-60H2,(H,77,78)/t70-,71-,72?,73?,74-,75+,95?/m0/s1. The van der Waals surface area contributed by atoms with E-state index in [4.69, 9.17) is 59.7 Å². The minimum atomic E-state index is -4.94. The highest BCUT2D eigenvalue weighted by molar-refractivity contribution is 7.49. The van der Waals surface area contributed by atoms with E-state index < -0.39 is 66.2 Å². The Bertz CT molecular complexity index is 3570. The highest BCUT2D eigenvalue weighted by Gasteiger charge is 2.61. The van der Waals surface area contributed by atoms with E-state index in [1.807, 2.05) is 261 Å². The van der Waals surface area contributed by atoms with Crippen molar-refractivity contribution in [3.63, 3.8) is 0 Å². The summed E-state index contributed by atoms with van der Waals surface area (Å²) in [6.07, 6.45) is -8.18. The van der Waals surface area contributed by atoms with Crippen LogP contribution >= 0.6 is 23.5 Å². The fourth-order valence-corrected chi connectivity index (χ4v) is 14.5. The third kappa shape index (κ3) is 24.2. The van der Waals surface area contributed by atoms with Gasteiger partial charge in [0.05, 0.1) is 59.5 Å². The van der Waals surface area contributed by atoms with Crippen molar-refractivity contribution in [2.45, 2.75) is 122 Å². The van der Waals surface area contributed by atoms with E-state index in [1.54, 1.807) is 12.1 Å². The first-order valence-electron chi connectivity index (χ1n) is 32.4. The number of unbranched alkanes of at least 4 members (excludes halogenated alkanes) is 3. The number of hydrogen-bond acceptors (Lipinski definition) is 17. The number of phosphoric acid groups is 3. The average molecular weight is 1370 g/mol. The zero-order valence-corrected chi connectivity index (χ0v) is 56.5. The first-order valence-corrected chi connectivity index (χ1v) is 36.8. The van der Waals surface area contributed by atoms with Gasteiger partial charge in [-0.15, -0.1) is 0 Å². The SMILES string of the molecule is O=C(NCCCCCCOP(=O)(OCc1ccccc1)OC1[C@H](OCc2ccccc2)[C@H](OP(=O)(OCc2ccccc2)OCc2ccccc2)C(OCc2ccccc2)[C@H](OP(=O)(OCc2ccccc2)OCc2ccccc2)[C@H]1OCc1ccccc1)OCc1ccccc1. The zero-order chi connectivity index (χ0) is 67.1. The van der Waals surface area contributed by atoms with E-state index in [-0.39, 0.29) is 66.1 Å². The molecule has 18 nitrogen and oxygen atoms in total. The molecule has 508 valence electrons. The van der Waals surface area contributed by atoms with Gasteiger partial charge in [0.1, 0.15) is 43.2 Å². The molecule has 1 saturated carbocycles. The van der Waals surface area contributed by atoms with E-state index in [0.717, 1.165) is 5.56 Å². The first-order chi connectivity index (χ1) is 47.5. The van der Waals surface area contributed by atoms with Gasteiger partial charge in [0, 0.05) is 6.54 Å². The third-order valence-electron chi connectivity index (χ3n) is 15.5. The van der Waals surface area contributed by atoms with Gasteiger partial charge >= 0.3 is 29.6 Å². The molecular weight excluding hydrogens is 1290 g/mol. The van der Waals surface area contributed by atoms with Crippen molar-refractivity contribution in [1.82, 2.24) is 5.32 Å². The molecule has 1 amide bonds. The van der Waals surface area contributed by atoms with Gasteiger partial charge < -0.3 is 24.3 Å². The van der Waals surface area contributed by atoms with Crippen molar-refractivity contribution in [2.75, 3.05) is 13.2 Å². The largest absolute Gasteiger partial charge is 0.475 e. The van der Waals surface area contributed by atoms with Gasteiger partial charge in [-0.3, -0.25) is 40.7 Å². The van der Waals surface area contributed by atoms with Crippen LogP contribution in [0.25, 0.3) is 0 Å². The van der Waals surface area contributed by atoms with Crippen LogP contribution in [0.5, 0.6) is 0 Å². The van der Waals surface area contributed by atoms with Gasteiger partial charge in [-0.2, -0.15) is 0 Å². The molecule has 1 N–H and O–H groups in total. The molecular formula is C76H82NO17P3. The number of hydrogen-bond donors (Lipinski definition) is 1. The number of nitrogens with one attached hydrogen (secondary N) is 1. The molecule has 3 unspecified atom stereocenters. The lowest BCUT2D eigenvalue weighted by Crippen LogP contribution is -2.67. The minimum absolute atomic E-state index is 0.134. The number of ether oxygens (including phenoxy) is 4. The van der Waals surface area contributed by atoms with Gasteiger partial charge in [-0.25, -0.2) is 18.5 Å². The Hall–Kier alpha value is -7.54. The summed E-state index contributed by atoms with van der Waals surface area (Å²) in [4.78, 5) is 12.6. The predicted molar refractivity (Wildman–Crippen MR) is 368 cm³/mol. The lowest BCUT2D eigenvalue weighted by molar-refractivity contribution is -0.254. The quantitative estimate of drug-likeness (QED) is 0.0280. The fraction of sp³-hybridized carbons (Fsp3) is 0.276. The molecule has 97 heavy (non-hydrogen) atoms. The Kier molecular flexibility index (Phi) is 28.7. The van der Waals surface area contributed by atoms with Gasteiger partial charge in [0.2, 0.25) is 0 Å². The van der Waals surface area contributed by atoms with Crippen molar-refractivity contribution in [3.05, 3.63) is 323 Å². The molecule has 1 aliphatic carbocycles. The molecule has 0 radical (unpaired) electrons. The molecule has 7 atom stereocenters. The molecule has 1 fully saturated rings. The van der Waals surface area contributed by atoms with Crippen LogP contribution in [0.3, 0.4) is 0 Å². The monoisotopic (exact) mass is 1370 g/mol. The second kappa shape index (κ2) is 38.6. The summed E-state index contributed by atoms with van der Waals surface area (Å²) in [6, 6.07) is 82.8. The van der Waals surface area contributed by atoms with E-state index in [9.17, 15) is 4.79 Å². The lowest BCUT2D eigenvalue weighted by Gasteiger charge is -2.50. The van der Waals surface area contributed by atoms with Crippen molar-refractivity contribution in [3.8, 4) is 0 Å². The van der Waals surface area contributed by atoms with Gasteiger partial charge in [0.15, 0.2) is 0 Å². The third-order valence-corrected chi connectivity index (χ3v) is 19.7. The highest BCUT2D eigenvalue weighted by atomic mass is 31.2. The van der Waals surface area contributed by atoms with Crippen LogP contribution in [0.2, 0.25) is 0 Å². The van der Waals surface area contributed by atoms with E-state index >= 15 is 13.7 Å². The van der Waals surface area contributed by atoms with Gasteiger partial charge in [-0.05, 0) is 62.9 Å². The smallest absolute Gasteiger partial charge is 0.445 e. The van der Waals surface area contributed by atoms with Crippen LogP contribution in [0.1, 0.15) is 75.8 Å². The van der Waals surface area contributed by atoms with Crippen LogP contribution < -0.4 is 5.32 Å². The Labute approximate surface area is 568 Å². The van der Waals surface area contributed by atoms with Crippen molar-refractivity contribution in [2.24, 2.45) is 0 Å². The first kappa shape index (κ1) is 72.2. The van der Waals surface area contributed by atoms with Crippen molar-refractivity contribution >= 4 is 29.6 Å². The summed E-state index contributed by atoms with van der Waals surface area (Å²) in [5.74, 6) is 0. The van der Waals surface area contributed by atoms with Crippen molar-refractivity contribution in [1.29, 1.82) is 0 Å². The summed E-state index contributed by atoms with van der Waals surface area (Å²) in [5.41, 5.74) is 6.15. The number of carbonyl (C=O) groups excluding carboxylic acids is 1. The molecule has 0 bridgehead atoms. The number of amides is 1. The van der Waals surface area contributed by atoms with E-state index in [0.29, 0.717) is 76.7 Å². The molecule has 0 spiro atoms. The van der Waals surface area contributed by atoms with Crippen LogP contribution in [-0.4, -0.2) is 55.9 Å². The predicted octanol–water partition coefficient (Wildman–Crippen LogP) is 17.8. The maximum absolute atomic E-state index is 16.3. The second-order valence-electron chi connectivity index (χ2n) is 22.9. The number of carbonyl (C=O) groups is 1. The molecule has 0 heterocycles. The molecule has 21 heteroatoms. The summed E-state index contributed by atoms with van der Waals surface area (Å²) in [5, 5.41) is 2.81. The Morgan fingerprint density at radius 1 is 0.268 bits per heavy atom. The minimum Gasteiger partial charge on any atom is -0.445 e.